The zero-order valence-corrected chi connectivity index (χ0v) is 17.1. The first-order chi connectivity index (χ1) is 13.9. The van der Waals surface area contributed by atoms with Crippen molar-refractivity contribution >= 4 is 34.0 Å². The number of anilines is 2. The molecule has 3 aromatic heterocycles. The van der Waals surface area contributed by atoms with Crippen molar-refractivity contribution in [2.75, 3.05) is 23.3 Å². The van der Waals surface area contributed by atoms with Crippen molar-refractivity contribution in [2.45, 2.75) is 27.2 Å². The Balaban J connectivity index is 1.61. The first-order valence-electron chi connectivity index (χ1n) is 9.96. The van der Waals surface area contributed by atoms with Gasteiger partial charge in [0.15, 0.2) is 5.58 Å². The van der Waals surface area contributed by atoms with Gasteiger partial charge in [-0.05, 0) is 49.0 Å². The zero-order valence-electron chi connectivity index (χ0n) is 17.1. The number of rotatable bonds is 4. The summed E-state index contributed by atoms with van der Waals surface area (Å²) in [4.78, 5) is 24.0. The van der Waals surface area contributed by atoms with E-state index in [9.17, 15) is 4.79 Å². The minimum absolute atomic E-state index is 0.270. The lowest BCUT2D eigenvalue weighted by molar-refractivity contribution is 0.102. The Hall–Kier alpha value is -3.15. The fraction of sp³-hybridized carbons (Fsp3) is 0.348. The molecule has 1 saturated heterocycles. The van der Waals surface area contributed by atoms with Gasteiger partial charge in [0.1, 0.15) is 17.5 Å². The topological polar surface area (TPSA) is 71.3 Å². The highest BCUT2D eigenvalue weighted by molar-refractivity contribution is 6.05. The average molecular weight is 390 g/mol. The minimum Gasteiger partial charge on any atom is -0.462 e. The molecule has 0 aromatic carbocycles. The quantitative estimate of drug-likeness (QED) is 0.679. The molecule has 1 unspecified atom stereocenters. The molecule has 0 aliphatic carbocycles. The number of amides is 1. The van der Waals surface area contributed by atoms with Gasteiger partial charge in [-0.2, -0.15) is 0 Å². The fourth-order valence-electron chi connectivity index (χ4n) is 4.15. The molecule has 0 radical (unpaired) electrons. The Kier molecular flexibility index (Phi) is 5.09. The molecular formula is C23H26N4O2. The van der Waals surface area contributed by atoms with Crippen molar-refractivity contribution in [3.05, 3.63) is 54.7 Å². The van der Waals surface area contributed by atoms with Crippen LogP contribution in [0, 0.1) is 11.8 Å². The number of aromatic nitrogens is 2. The van der Waals surface area contributed by atoms with Gasteiger partial charge < -0.3 is 14.6 Å². The van der Waals surface area contributed by atoms with E-state index < -0.39 is 0 Å². The molecule has 4 heterocycles. The molecule has 1 aliphatic rings. The normalized spacial score (nSPS) is 19.3. The molecule has 2 atom stereocenters. The molecule has 1 aliphatic heterocycles. The molecule has 3 aromatic rings. The number of furan rings is 1. The molecule has 150 valence electrons. The van der Waals surface area contributed by atoms with Crippen molar-refractivity contribution in [1.82, 2.24) is 9.97 Å². The fourth-order valence-corrected chi connectivity index (χ4v) is 4.15. The van der Waals surface area contributed by atoms with Crippen LogP contribution in [0.5, 0.6) is 0 Å². The summed E-state index contributed by atoms with van der Waals surface area (Å²) in [6.07, 6.45) is 6.32. The largest absolute Gasteiger partial charge is 0.462 e. The second-order valence-electron chi connectivity index (χ2n) is 8.17. The predicted molar refractivity (Wildman–Crippen MR) is 116 cm³/mol. The Morgan fingerprint density at radius 2 is 2.00 bits per heavy atom. The molecule has 0 saturated carbocycles. The summed E-state index contributed by atoms with van der Waals surface area (Å²) in [5, 5.41) is 3.00. The minimum atomic E-state index is -0.270. The van der Waals surface area contributed by atoms with Crippen molar-refractivity contribution in [1.29, 1.82) is 0 Å². The van der Waals surface area contributed by atoms with Crippen LogP contribution in [0.4, 0.5) is 11.4 Å². The van der Waals surface area contributed by atoms with Gasteiger partial charge in [0.05, 0.1) is 17.6 Å². The van der Waals surface area contributed by atoms with Gasteiger partial charge in [0, 0.05) is 24.8 Å². The molecule has 6 heteroatoms. The lowest BCUT2D eigenvalue weighted by Crippen LogP contribution is -2.39. The van der Waals surface area contributed by atoms with Crippen molar-refractivity contribution < 1.29 is 9.21 Å². The molecule has 0 bridgehead atoms. The molecule has 0 spiro atoms. The van der Waals surface area contributed by atoms with E-state index in [0.717, 1.165) is 29.9 Å². The van der Waals surface area contributed by atoms with Crippen LogP contribution in [0.1, 0.15) is 43.2 Å². The molecular weight excluding hydrogens is 364 g/mol. The number of pyridine rings is 2. The lowest BCUT2D eigenvalue weighted by Gasteiger charge is -2.37. The Labute approximate surface area is 170 Å². The van der Waals surface area contributed by atoms with Gasteiger partial charge >= 0.3 is 0 Å². The second kappa shape index (κ2) is 7.70. The number of allylic oxidation sites excluding steroid dienone is 1. The van der Waals surface area contributed by atoms with Gasteiger partial charge in [-0.1, -0.05) is 20.4 Å². The van der Waals surface area contributed by atoms with Crippen LogP contribution in [0.2, 0.25) is 0 Å². The monoisotopic (exact) mass is 390 g/mol. The van der Waals surface area contributed by atoms with E-state index in [2.05, 4.69) is 40.6 Å². The molecule has 1 amide bonds. The van der Waals surface area contributed by atoms with E-state index in [1.807, 2.05) is 13.0 Å². The number of carbonyl (C=O) groups excluding carboxylic acids is 1. The van der Waals surface area contributed by atoms with Gasteiger partial charge in [0.2, 0.25) is 0 Å². The number of nitrogens with one attached hydrogen (secondary N) is 1. The van der Waals surface area contributed by atoms with Gasteiger partial charge in [-0.15, -0.1) is 0 Å². The van der Waals surface area contributed by atoms with Gasteiger partial charge in [0.25, 0.3) is 5.91 Å². The van der Waals surface area contributed by atoms with Crippen LogP contribution in [0.25, 0.3) is 16.7 Å². The Morgan fingerprint density at radius 1 is 1.24 bits per heavy atom. The van der Waals surface area contributed by atoms with Crippen molar-refractivity contribution in [3.63, 3.8) is 0 Å². The first-order valence-corrected chi connectivity index (χ1v) is 9.96. The van der Waals surface area contributed by atoms with Crippen LogP contribution >= 0.6 is 0 Å². The molecule has 6 nitrogen and oxygen atoms in total. The third kappa shape index (κ3) is 3.88. The highest BCUT2D eigenvalue weighted by Gasteiger charge is 2.24. The van der Waals surface area contributed by atoms with E-state index in [1.54, 1.807) is 30.8 Å². The number of nitrogens with zero attached hydrogens (tertiary/aromatic N) is 3. The Bertz CT molecular complexity index is 1060. The third-order valence-electron chi connectivity index (χ3n) is 5.37. The van der Waals surface area contributed by atoms with Crippen molar-refractivity contribution in [3.8, 4) is 0 Å². The lowest BCUT2D eigenvalue weighted by atomic mass is 9.91. The van der Waals surface area contributed by atoms with Gasteiger partial charge in [-0.25, -0.2) is 4.98 Å². The van der Waals surface area contributed by atoms with Crippen LogP contribution in [0.15, 0.2) is 47.9 Å². The second-order valence-corrected chi connectivity index (χ2v) is 8.17. The highest BCUT2D eigenvalue weighted by atomic mass is 16.3. The standard InChI is InChI=1S/C23H26N4O2/c1-14(2)17-13-29-21-6-5-18(25-22(17)21)23(28)26-19-10-24-8-7-20(19)27-11-15(3)9-16(4)12-27/h5-8,10,13,15-16H,1,9,11-12H2,2-4H3,(H,26,28)/t15-,16?/m1/s1. The van der Waals surface area contributed by atoms with E-state index >= 15 is 0 Å². The summed E-state index contributed by atoms with van der Waals surface area (Å²) in [5.41, 5.74) is 4.97. The third-order valence-corrected chi connectivity index (χ3v) is 5.37. The maximum absolute atomic E-state index is 13.0. The van der Waals surface area contributed by atoms with Gasteiger partial charge in [-0.3, -0.25) is 9.78 Å². The van der Waals surface area contributed by atoms with Crippen molar-refractivity contribution in [2.24, 2.45) is 11.8 Å². The maximum atomic E-state index is 13.0. The number of hydrogen-bond acceptors (Lipinski definition) is 5. The zero-order chi connectivity index (χ0) is 20.5. The van der Waals surface area contributed by atoms with E-state index in [1.165, 1.54) is 6.42 Å². The summed E-state index contributed by atoms with van der Waals surface area (Å²) in [6.45, 7) is 12.3. The molecule has 1 N–H and O–H groups in total. The summed E-state index contributed by atoms with van der Waals surface area (Å²) >= 11 is 0. The SMILES string of the molecule is C=C(C)c1coc2ccc(C(=O)Nc3cnccc3N3CC(C)C[C@@H](C)C3)nc12. The smallest absolute Gasteiger partial charge is 0.274 e. The average Bonchev–Trinajstić information content (AvgIpc) is 3.11. The number of hydrogen-bond donors (Lipinski definition) is 1. The maximum Gasteiger partial charge on any atom is 0.274 e. The summed E-state index contributed by atoms with van der Waals surface area (Å²) in [6, 6.07) is 5.40. The highest BCUT2D eigenvalue weighted by Crippen LogP contribution is 2.31. The van der Waals surface area contributed by atoms with E-state index in [-0.39, 0.29) is 5.91 Å². The first kappa shape index (κ1) is 19.2. The molecule has 4 rings (SSSR count). The van der Waals surface area contributed by atoms with Crippen LogP contribution in [-0.2, 0) is 0 Å². The summed E-state index contributed by atoms with van der Waals surface area (Å²) in [7, 11) is 0. The number of piperidine rings is 1. The van der Waals surface area contributed by atoms with Crippen LogP contribution < -0.4 is 10.2 Å². The predicted octanol–water partition coefficient (Wildman–Crippen LogP) is 4.99. The number of fused-ring (bicyclic) bond motifs is 1. The summed E-state index contributed by atoms with van der Waals surface area (Å²) in [5.74, 6) is 0.954. The van der Waals surface area contributed by atoms with E-state index in [0.29, 0.717) is 34.3 Å². The Morgan fingerprint density at radius 3 is 2.72 bits per heavy atom. The molecule has 1 fully saturated rings. The van der Waals surface area contributed by atoms with E-state index in [4.69, 9.17) is 4.42 Å². The van der Waals surface area contributed by atoms with Crippen LogP contribution in [-0.4, -0.2) is 29.0 Å². The van der Waals surface area contributed by atoms with Crippen LogP contribution in [0.3, 0.4) is 0 Å². The number of carbonyl (C=O) groups is 1. The summed E-state index contributed by atoms with van der Waals surface area (Å²) < 4.78 is 5.51. The molecule has 29 heavy (non-hydrogen) atoms.